The van der Waals surface area contributed by atoms with Gasteiger partial charge < -0.3 is 15.0 Å². The number of nitrogens with one attached hydrogen (secondary N) is 1. The van der Waals surface area contributed by atoms with Crippen LogP contribution >= 0.6 is 11.3 Å². The lowest BCUT2D eigenvalue weighted by atomic mass is 9.87. The van der Waals surface area contributed by atoms with Crippen molar-refractivity contribution in [3.05, 3.63) is 16.1 Å². The van der Waals surface area contributed by atoms with E-state index in [2.05, 4.69) is 20.2 Å². The van der Waals surface area contributed by atoms with Gasteiger partial charge in [0.1, 0.15) is 0 Å². The Kier molecular flexibility index (Phi) is 3.94. The summed E-state index contributed by atoms with van der Waals surface area (Å²) < 4.78 is 5.58. The Labute approximate surface area is 124 Å². The molecule has 1 spiro atoms. The van der Waals surface area contributed by atoms with Crippen LogP contribution in [-0.2, 0) is 11.3 Å². The fourth-order valence-corrected chi connectivity index (χ4v) is 3.81. The molecule has 2 saturated heterocycles. The molecular formula is C14H22N4OS. The predicted octanol–water partition coefficient (Wildman–Crippen LogP) is 1.64. The summed E-state index contributed by atoms with van der Waals surface area (Å²) >= 11 is 1.73. The minimum atomic E-state index is 0.374. The third kappa shape index (κ3) is 2.81. The van der Waals surface area contributed by atoms with E-state index in [-0.39, 0.29) is 0 Å². The van der Waals surface area contributed by atoms with Crippen molar-refractivity contribution in [1.82, 2.24) is 15.2 Å². The van der Waals surface area contributed by atoms with Crippen LogP contribution in [0.1, 0.15) is 22.7 Å². The summed E-state index contributed by atoms with van der Waals surface area (Å²) in [5.74, 6) is 1.000. The van der Waals surface area contributed by atoms with E-state index in [1.807, 2.05) is 20.2 Å². The Morgan fingerprint density at radius 2 is 2.50 bits per heavy atom. The van der Waals surface area contributed by atoms with Crippen molar-refractivity contribution < 1.29 is 4.74 Å². The van der Waals surface area contributed by atoms with Crippen molar-refractivity contribution in [1.29, 1.82) is 0 Å². The molecular weight excluding hydrogens is 272 g/mol. The van der Waals surface area contributed by atoms with Gasteiger partial charge in [-0.2, -0.15) is 0 Å². The normalized spacial score (nSPS) is 26.7. The number of likely N-dealkylation sites (tertiary alicyclic amines) is 1. The van der Waals surface area contributed by atoms with Gasteiger partial charge in [0.15, 0.2) is 5.96 Å². The SMILES string of the molecule is CN=C(NCc1cnc(C)s1)N1CCC2(CCOC2)C1. The highest BCUT2D eigenvalue weighted by Gasteiger charge is 2.42. The number of hydrogen-bond donors (Lipinski definition) is 1. The summed E-state index contributed by atoms with van der Waals surface area (Å²) in [5, 5.41) is 4.56. The molecule has 6 heteroatoms. The number of nitrogens with zero attached hydrogens (tertiary/aromatic N) is 3. The molecule has 2 fully saturated rings. The number of hydrogen-bond acceptors (Lipinski definition) is 4. The number of thiazole rings is 1. The van der Waals surface area contributed by atoms with Crippen molar-refractivity contribution in [3.63, 3.8) is 0 Å². The Balaban J connectivity index is 1.57. The first-order valence-electron chi connectivity index (χ1n) is 7.15. The molecule has 3 rings (SSSR count). The second kappa shape index (κ2) is 5.69. The van der Waals surface area contributed by atoms with Crippen molar-refractivity contribution in [2.45, 2.75) is 26.3 Å². The van der Waals surface area contributed by atoms with Gasteiger partial charge in [-0.25, -0.2) is 4.98 Å². The zero-order valence-electron chi connectivity index (χ0n) is 12.2. The topological polar surface area (TPSA) is 49.8 Å². The second-order valence-electron chi connectivity index (χ2n) is 5.72. The number of aliphatic imine (C=N–C) groups is 1. The Morgan fingerprint density at radius 3 is 3.15 bits per heavy atom. The lowest BCUT2D eigenvalue weighted by molar-refractivity contribution is 0.156. The van der Waals surface area contributed by atoms with Crippen LogP contribution in [0, 0.1) is 12.3 Å². The van der Waals surface area contributed by atoms with Crippen molar-refractivity contribution in [2.75, 3.05) is 33.4 Å². The monoisotopic (exact) mass is 294 g/mol. The van der Waals surface area contributed by atoms with Crippen LogP contribution in [0.5, 0.6) is 0 Å². The van der Waals surface area contributed by atoms with E-state index in [0.717, 1.165) is 43.8 Å². The first-order chi connectivity index (χ1) is 9.71. The van der Waals surface area contributed by atoms with Crippen LogP contribution in [0.25, 0.3) is 0 Å². The molecule has 0 bridgehead atoms. The maximum atomic E-state index is 5.58. The zero-order valence-corrected chi connectivity index (χ0v) is 13.0. The maximum Gasteiger partial charge on any atom is 0.193 e. The summed E-state index contributed by atoms with van der Waals surface area (Å²) in [6, 6.07) is 0. The lowest BCUT2D eigenvalue weighted by Gasteiger charge is -2.24. The van der Waals surface area contributed by atoms with Crippen molar-refractivity contribution in [2.24, 2.45) is 10.4 Å². The molecule has 3 heterocycles. The van der Waals surface area contributed by atoms with Crippen LogP contribution < -0.4 is 5.32 Å². The fourth-order valence-electron chi connectivity index (χ4n) is 3.07. The fraction of sp³-hybridized carbons (Fsp3) is 0.714. The van der Waals surface area contributed by atoms with Crippen LogP contribution in [0.4, 0.5) is 0 Å². The smallest absolute Gasteiger partial charge is 0.193 e. The van der Waals surface area contributed by atoms with E-state index >= 15 is 0 Å². The number of aromatic nitrogens is 1. The Bertz CT molecular complexity index is 493. The molecule has 1 unspecified atom stereocenters. The molecule has 2 aliphatic rings. The minimum Gasteiger partial charge on any atom is -0.381 e. The highest BCUT2D eigenvalue weighted by molar-refractivity contribution is 7.11. The predicted molar refractivity (Wildman–Crippen MR) is 81.1 cm³/mol. The highest BCUT2D eigenvalue weighted by atomic mass is 32.1. The molecule has 0 radical (unpaired) electrons. The van der Waals surface area contributed by atoms with Gasteiger partial charge in [0.2, 0.25) is 0 Å². The highest BCUT2D eigenvalue weighted by Crippen LogP contribution is 2.38. The number of guanidine groups is 1. The van der Waals surface area contributed by atoms with Gasteiger partial charge >= 0.3 is 0 Å². The third-order valence-corrected chi connectivity index (χ3v) is 5.14. The van der Waals surface area contributed by atoms with Gasteiger partial charge in [-0.3, -0.25) is 4.99 Å². The van der Waals surface area contributed by atoms with Crippen LogP contribution in [0.3, 0.4) is 0 Å². The molecule has 20 heavy (non-hydrogen) atoms. The quantitative estimate of drug-likeness (QED) is 0.665. The van der Waals surface area contributed by atoms with E-state index < -0.39 is 0 Å². The molecule has 0 aliphatic carbocycles. The molecule has 1 aromatic heterocycles. The first kappa shape index (κ1) is 13.8. The standard InChI is InChI=1S/C14H22N4OS/c1-11-16-7-12(20-11)8-17-13(15-2)18-5-3-14(9-18)4-6-19-10-14/h7H,3-6,8-10H2,1-2H3,(H,15,17). The van der Waals surface area contributed by atoms with Gasteiger partial charge in [0, 0.05) is 43.2 Å². The molecule has 1 N–H and O–H groups in total. The molecule has 2 aliphatic heterocycles. The van der Waals surface area contributed by atoms with Gasteiger partial charge in [-0.05, 0) is 19.8 Å². The minimum absolute atomic E-state index is 0.374. The van der Waals surface area contributed by atoms with Gasteiger partial charge in [0.05, 0.1) is 18.2 Å². The van der Waals surface area contributed by atoms with E-state index in [0.29, 0.717) is 5.41 Å². The summed E-state index contributed by atoms with van der Waals surface area (Å²) in [6.07, 6.45) is 4.35. The summed E-state index contributed by atoms with van der Waals surface area (Å²) in [6.45, 7) is 6.80. The number of aryl methyl sites for hydroxylation is 1. The average Bonchev–Trinajstić information content (AvgIpc) is 3.15. The second-order valence-corrected chi connectivity index (χ2v) is 7.04. The average molecular weight is 294 g/mol. The lowest BCUT2D eigenvalue weighted by Crippen LogP contribution is -2.41. The van der Waals surface area contributed by atoms with Crippen LogP contribution in [-0.4, -0.2) is 49.2 Å². The molecule has 110 valence electrons. The molecule has 1 aromatic rings. The zero-order chi connectivity index (χ0) is 14.0. The van der Waals surface area contributed by atoms with Crippen molar-refractivity contribution in [3.8, 4) is 0 Å². The van der Waals surface area contributed by atoms with Gasteiger partial charge in [0.25, 0.3) is 0 Å². The number of ether oxygens (including phenoxy) is 1. The summed E-state index contributed by atoms with van der Waals surface area (Å²) in [4.78, 5) is 12.3. The van der Waals surface area contributed by atoms with E-state index in [9.17, 15) is 0 Å². The van der Waals surface area contributed by atoms with E-state index in [4.69, 9.17) is 4.74 Å². The summed E-state index contributed by atoms with van der Waals surface area (Å²) in [7, 11) is 1.86. The number of rotatable bonds is 2. The summed E-state index contributed by atoms with van der Waals surface area (Å²) in [5.41, 5.74) is 0.374. The Morgan fingerprint density at radius 1 is 1.60 bits per heavy atom. The van der Waals surface area contributed by atoms with Gasteiger partial charge in [-0.1, -0.05) is 0 Å². The Hall–Kier alpha value is -1.14. The largest absolute Gasteiger partial charge is 0.381 e. The van der Waals surface area contributed by atoms with E-state index in [1.165, 1.54) is 17.7 Å². The maximum absolute atomic E-state index is 5.58. The van der Waals surface area contributed by atoms with Gasteiger partial charge in [-0.15, -0.1) is 11.3 Å². The molecule has 0 amide bonds. The third-order valence-electron chi connectivity index (χ3n) is 4.22. The molecule has 5 nitrogen and oxygen atoms in total. The van der Waals surface area contributed by atoms with Crippen LogP contribution in [0.2, 0.25) is 0 Å². The molecule has 0 saturated carbocycles. The van der Waals surface area contributed by atoms with Crippen molar-refractivity contribution >= 4 is 17.3 Å². The van der Waals surface area contributed by atoms with Crippen LogP contribution in [0.15, 0.2) is 11.2 Å². The molecule has 1 atom stereocenters. The van der Waals surface area contributed by atoms with E-state index in [1.54, 1.807) is 11.3 Å². The molecule has 0 aromatic carbocycles. The first-order valence-corrected chi connectivity index (χ1v) is 7.97.